The van der Waals surface area contributed by atoms with Gasteiger partial charge in [-0.2, -0.15) is 0 Å². The van der Waals surface area contributed by atoms with Crippen LogP contribution in [0.25, 0.3) is 0 Å². The fourth-order valence-electron chi connectivity index (χ4n) is 2.73. The minimum atomic E-state index is -0.408. The van der Waals surface area contributed by atoms with E-state index in [0.717, 1.165) is 18.9 Å². The van der Waals surface area contributed by atoms with E-state index in [1.807, 2.05) is 0 Å². The van der Waals surface area contributed by atoms with Crippen LogP contribution in [0.3, 0.4) is 0 Å². The molecule has 0 heterocycles. The molecule has 0 saturated heterocycles. The van der Waals surface area contributed by atoms with Gasteiger partial charge in [-0.05, 0) is 25.3 Å². The van der Waals surface area contributed by atoms with Gasteiger partial charge in [0, 0.05) is 0 Å². The largest absolute Gasteiger partial charge is 0.369 e. The fraction of sp³-hybridized carbons (Fsp3) is 0.846. The molecule has 0 unspecified atom stereocenters. The Morgan fingerprint density at radius 3 is 2.06 bits per heavy atom. The number of carbonyl (C=O) groups excluding carboxylic acids is 2. The van der Waals surface area contributed by atoms with Crippen molar-refractivity contribution in [2.45, 2.75) is 44.9 Å². The number of hydrogen-bond acceptors (Lipinski definition) is 3. The summed E-state index contributed by atoms with van der Waals surface area (Å²) in [5.41, 5.74) is 10.3. The molecule has 5 nitrogen and oxygen atoms in total. The summed E-state index contributed by atoms with van der Waals surface area (Å²) < 4.78 is 0. The minimum Gasteiger partial charge on any atom is -0.369 e. The molecule has 0 aliphatic heterocycles. The molecular formula is C13H25N3O2. The Kier molecular flexibility index (Phi) is 6.72. The van der Waals surface area contributed by atoms with Crippen molar-refractivity contribution in [3.05, 3.63) is 0 Å². The van der Waals surface area contributed by atoms with Gasteiger partial charge in [-0.15, -0.1) is 0 Å². The van der Waals surface area contributed by atoms with Crippen molar-refractivity contribution in [2.75, 3.05) is 19.6 Å². The van der Waals surface area contributed by atoms with Gasteiger partial charge in [-0.3, -0.25) is 14.5 Å². The third-order valence-electron chi connectivity index (χ3n) is 3.57. The monoisotopic (exact) mass is 255 g/mol. The molecule has 0 aromatic carbocycles. The molecule has 0 radical (unpaired) electrons. The molecular weight excluding hydrogens is 230 g/mol. The molecule has 0 aromatic heterocycles. The molecule has 1 rings (SSSR count). The second-order valence-corrected chi connectivity index (χ2v) is 5.29. The number of carbonyl (C=O) groups is 2. The third kappa shape index (κ3) is 6.59. The van der Waals surface area contributed by atoms with E-state index in [4.69, 9.17) is 11.5 Å². The van der Waals surface area contributed by atoms with E-state index in [0.29, 0.717) is 0 Å². The molecule has 1 fully saturated rings. The number of hydrogen-bond donors (Lipinski definition) is 2. The van der Waals surface area contributed by atoms with Crippen LogP contribution in [0.15, 0.2) is 0 Å². The highest BCUT2D eigenvalue weighted by molar-refractivity contribution is 5.79. The lowest BCUT2D eigenvalue weighted by Gasteiger charge is -2.23. The Hall–Kier alpha value is -1.10. The molecule has 1 aliphatic carbocycles. The quantitative estimate of drug-likeness (QED) is 0.666. The number of primary amides is 2. The van der Waals surface area contributed by atoms with E-state index in [-0.39, 0.29) is 13.1 Å². The van der Waals surface area contributed by atoms with Crippen molar-refractivity contribution in [3.8, 4) is 0 Å². The lowest BCUT2D eigenvalue weighted by atomic mass is 9.86. The summed E-state index contributed by atoms with van der Waals surface area (Å²) in [7, 11) is 0. The molecule has 4 N–H and O–H groups in total. The average molecular weight is 255 g/mol. The Labute approximate surface area is 109 Å². The Morgan fingerprint density at radius 1 is 1.00 bits per heavy atom. The van der Waals surface area contributed by atoms with E-state index in [9.17, 15) is 9.59 Å². The lowest BCUT2D eigenvalue weighted by Crippen LogP contribution is -2.40. The number of amides is 2. The zero-order valence-corrected chi connectivity index (χ0v) is 11.1. The maximum Gasteiger partial charge on any atom is 0.231 e. The summed E-state index contributed by atoms with van der Waals surface area (Å²) in [4.78, 5) is 23.5. The summed E-state index contributed by atoms with van der Waals surface area (Å²) in [6, 6.07) is 0. The Morgan fingerprint density at radius 2 is 1.56 bits per heavy atom. The van der Waals surface area contributed by atoms with Gasteiger partial charge < -0.3 is 11.5 Å². The van der Waals surface area contributed by atoms with Gasteiger partial charge in [0.2, 0.25) is 11.8 Å². The van der Waals surface area contributed by atoms with Gasteiger partial charge in [-0.25, -0.2) is 0 Å². The van der Waals surface area contributed by atoms with Crippen LogP contribution in [-0.4, -0.2) is 36.3 Å². The molecule has 0 bridgehead atoms. The number of nitrogens with two attached hydrogens (primary N) is 2. The standard InChI is InChI=1S/C13H25N3O2/c14-12(17)9-16(10-13(15)18)8-4-7-11-5-2-1-3-6-11/h11H,1-10H2,(H2,14,17)(H2,15,18). The summed E-state index contributed by atoms with van der Waals surface area (Å²) in [6.45, 7) is 0.962. The molecule has 1 saturated carbocycles. The van der Waals surface area contributed by atoms with Crippen LogP contribution in [0.4, 0.5) is 0 Å². The highest BCUT2D eigenvalue weighted by atomic mass is 16.2. The van der Waals surface area contributed by atoms with Crippen molar-refractivity contribution in [1.82, 2.24) is 4.90 Å². The highest BCUT2D eigenvalue weighted by Gasteiger charge is 2.15. The van der Waals surface area contributed by atoms with E-state index in [2.05, 4.69) is 0 Å². The second-order valence-electron chi connectivity index (χ2n) is 5.29. The van der Waals surface area contributed by atoms with Crippen LogP contribution in [-0.2, 0) is 9.59 Å². The van der Waals surface area contributed by atoms with E-state index in [1.54, 1.807) is 4.90 Å². The summed E-state index contributed by atoms with van der Waals surface area (Å²) >= 11 is 0. The number of nitrogens with zero attached hydrogens (tertiary/aromatic N) is 1. The SMILES string of the molecule is NC(=O)CN(CCCC1CCCCC1)CC(N)=O. The average Bonchev–Trinajstić information content (AvgIpc) is 2.28. The predicted octanol–water partition coefficient (Wildman–Crippen LogP) is 0.620. The van der Waals surface area contributed by atoms with Gasteiger partial charge in [0.15, 0.2) is 0 Å². The van der Waals surface area contributed by atoms with Crippen LogP contribution < -0.4 is 11.5 Å². The maximum absolute atomic E-state index is 10.9. The first-order valence-electron chi connectivity index (χ1n) is 6.87. The zero-order chi connectivity index (χ0) is 13.4. The molecule has 104 valence electrons. The third-order valence-corrected chi connectivity index (χ3v) is 3.57. The van der Waals surface area contributed by atoms with Crippen molar-refractivity contribution in [3.63, 3.8) is 0 Å². The van der Waals surface area contributed by atoms with Crippen LogP contribution >= 0.6 is 0 Å². The fourth-order valence-corrected chi connectivity index (χ4v) is 2.73. The molecule has 0 aromatic rings. The zero-order valence-electron chi connectivity index (χ0n) is 11.1. The predicted molar refractivity (Wildman–Crippen MR) is 70.6 cm³/mol. The second kappa shape index (κ2) is 8.08. The highest BCUT2D eigenvalue weighted by Crippen LogP contribution is 2.27. The van der Waals surface area contributed by atoms with E-state index >= 15 is 0 Å². The molecule has 5 heteroatoms. The summed E-state index contributed by atoms with van der Waals surface area (Å²) in [5.74, 6) is 0.00517. The van der Waals surface area contributed by atoms with Gasteiger partial charge in [0.25, 0.3) is 0 Å². The first-order valence-corrected chi connectivity index (χ1v) is 6.87. The van der Waals surface area contributed by atoms with Crippen LogP contribution in [0.5, 0.6) is 0 Å². The Balaban J connectivity index is 2.22. The molecule has 18 heavy (non-hydrogen) atoms. The first kappa shape index (κ1) is 15.0. The summed E-state index contributed by atoms with van der Waals surface area (Å²) in [6.07, 6.45) is 8.89. The normalized spacial score (nSPS) is 16.9. The first-order chi connectivity index (χ1) is 8.58. The van der Waals surface area contributed by atoms with Crippen LogP contribution in [0.1, 0.15) is 44.9 Å². The van der Waals surface area contributed by atoms with Gasteiger partial charge >= 0.3 is 0 Å². The minimum absolute atomic E-state index is 0.119. The van der Waals surface area contributed by atoms with Crippen molar-refractivity contribution in [1.29, 1.82) is 0 Å². The van der Waals surface area contributed by atoms with Gasteiger partial charge in [0.1, 0.15) is 0 Å². The molecule has 1 aliphatic rings. The topological polar surface area (TPSA) is 89.4 Å². The summed E-state index contributed by atoms with van der Waals surface area (Å²) in [5, 5.41) is 0. The Bertz CT molecular complexity index is 259. The van der Waals surface area contributed by atoms with Gasteiger partial charge in [0.05, 0.1) is 13.1 Å². The van der Waals surface area contributed by atoms with Crippen molar-refractivity contribution < 1.29 is 9.59 Å². The maximum atomic E-state index is 10.9. The smallest absolute Gasteiger partial charge is 0.231 e. The van der Waals surface area contributed by atoms with Crippen LogP contribution in [0.2, 0.25) is 0 Å². The molecule has 0 atom stereocenters. The molecule has 0 spiro atoms. The number of rotatable bonds is 8. The van der Waals surface area contributed by atoms with Gasteiger partial charge in [-0.1, -0.05) is 32.1 Å². The van der Waals surface area contributed by atoms with Crippen LogP contribution in [0, 0.1) is 5.92 Å². The van der Waals surface area contributed by atoms with Crippen molar-refractivity contribution in [2.24, 2.45) is 17.4 Å². The lowest BCUT2D eigenvalue weighted by molar-refractivity contribution is -0.121. The molecule has 2 amide bonds. The van der Waals surface area contributed by atoms with E-state index < -0.39 is 11.8 Å². The van der Waals surface area contributed by atoms with E-state index in [1.165, 1.54) is 38.5 Å². The van der Waals surface area contributed by atoms with Crippen molar-refractivity contribution >= 4 is 11.8 Å².